The molecule has 0 bridgehead atoms. The van der Waals surface area contributed by atoms with E-state index in [0.29, 0.717) is 12.3 Å². The summed E-state index contributed by atoms with van der Waals surface area (Å²) in [7, 11) is -0.617. The molecule has 1 saturated heterocycles. The van der Waals surface area contributed by atoms with Gasteiger partial charge in [-0.1, -0.05) is 79.2 Å². The van der Waals surface area contributed by atoms with Gasteiger partial charge in [0, 0.05) is 8.80 Å². The van der Waals surface area contributed by atoms with Crippen molar-refractivity contribution >= 4 is 8.80 Å². The summed E-state index contributed by atoms with van der Waals surface area (Å²) in [5.74, 6) is -0.897. The van der Waals surface area contributed by atoms with E-state index in [0.717, 1.165) is 24.8 Å². The first-order valence-electron chi connectivity index (χ1n) is 12.3. The van der Waals surface area contributed by atoms with Crippen LogP contribution in [-0.4, -0.2) is 15.5 Å². The third kappa shape index (κ3) is 6.60. The van der Waals surface area contributed by atoms with Crippen LogP contribution in [0.5, 0.6) is 0 Å². The van der Waals surface area contributed by atoms with Crippen LogP contribution in [0.25, 0.3) is 11.1 Å². The summed E-state index contributed by atoms with van der Waals surface area (Å²) in [6.07, 6.45) is 5.94. The van der Waals surface area contributed by atoms with E-state index in [1.807, 2.05) is 0 Å². The maximum Gasteiger partial charge on any atom is 0.159 e. The van der Waals surface area contributed by atoms with Gasteiger partial charge >= 0.3 is 0 Å². The van der Waals surface area contributed by atoms with E-state index in [1.54, 1.807) is 6.07 Å². The number of alkyl halides is 1. The molecule has 1 fully saturated rings. The number of benzene rings is 3. The average Bonchev–Trinajstić information content (AvgIpc) is 2.86. The number of aryl methyl sites for hydroxylation is 2. The largest absolute Gasteiger partial charge is 0.251 e. The van der Waals surface area contributed by atoms with Crippen LogP contribution in [0.4, 0.5) is 13.2 Å². The summed E-state index contributed by atoms with van der Waals surface area (Å²) >= 11 is 0. The zero-order valence-electron chi connectivity index (χ0n) is 19.2. The Kier molecular flexibility index (Phi) is 8.44. The molecule has 4 heteroatoms. The van der Waals surface area contributed by atoms with E-state index in [-0.39, 0.29) is 6.67 Å². The summed E-state index contributed by atoms with van der Waals surface area (Å²) < 4.78 is 38.8. The molecule has 33 heavy (non-hydrogen) atoms. The SMILES string of the molecule is FCCCC[Si@H]1CC[C@H](c2ccc(-c3ccc(CCc4ccc(F)c(F)c4)cc3)cc2)CC1. The summed E-state index contributed by atoms with van der Waals surface area (Å²) in [4.78, 5) is 0. The Hall–Kier alpha value is -2.33. The summed E-state index contributed by atoms with van der Waals surface area (Å²) in [6.45, 7) is -0.157. The molecular formula is C29H33F3Si. The van der Waals surface area contributed by atoms with Gasteiger partial charge in [0.1, 0.15) is 0 Å². The third-order valence-corrected chi connectivity index (χ3v) is 10.7. The number of unbranched alkanes of at least 4 members (excludes halogenated alkanes) is 1. The van der Waals surface area contributed by atoms with Crippen LogP contribution in [0, 0.1) is 11.6 Å². The summed E-state index contributed by atoms with van der Waals surface area (Å²) in [6, 6.07) is 25.9. The van der Waals surface area contributed by atoms with E-state index in [1.165, 1.54) is 65.4 Å². The topological polar surface area (TPSA) is 0 Å². The molecule has 0 radical (unpaired) electrons. The molecule has 1 heterocycles. The van der Waals surface area contributed by atoms with Gasteiger partial charge in [-0.25, -0.2) is 8.78 Å². The van der Waals surface area contributed by atoms with Gasteiger partial charge in [0.2, 0.25) is 0 Å². The van der Waals surface area contributed by atoms with Crippen molar-refractivity contribution in [1.82, 2.24) is 0 Å². The van der Waals surface area contributed by atoms with Crippen molar-refractivity contribution in [2.45, 2.75) is 62.6 Å². The van der Waals surface area contributed by atoms with E-state index in [4.69, 9.17) is 0 Å². The van der Waals surface area contributed by atoms with Crippen LogP contribution in [0.2, 0.25) is 18.1 Å². The van der Waals surface area contributed by atoms with Crippen molar-refractivity contribution in [3.8, 4) is 11.1 Å². The molecule has 0 saturated carbocycles. The molecule has 1 aliphatic heterocycles. The van der Waals surface area contributed by atoms with Crippen LogP contribution in [0.1, 0.15) is 48.3 Å². The molecule has 0 aromatic heterocycles. The van der Waals surface area contributed by atoms with Crippen molar-refractivity contribution < 1.29 is 13.2 Å². The molecule has 0 aliphatic carbocycles. The van der Waals surface area contributed by atoms with Crippen molar-refractivity contribution in [1.29, 1.82) is 0 Å². The summed E-state index contributed by atoms with van der Waals surface area (Å²) in [5.41, 5.74) is 5.87. The minimum atomic E-state index is -0.797. The van der Waals surface area contributed by atoms with E-state index in [2.05, 4.69) is 48.5 Å². The third-order valence-electron chi connectivity index (χ3n) is 7.20. The molecule has 3 aromatic carbocycles. The normalized spacial score (nSPS) is 18.4. The number of halogens is 3. The average molecular weight is 467 g/mol. The maximum atomic E-state index is 13.4. The fraction of sp³-hybridized carbons (Fsp3) is 0.379. The van der Waals surface area contributed by atoms with E-state index >= 15 is 0 Å². The lowest BCUT2D eigenvalue weighted by Crippen LogP contribution is -2.20. The van der Waals surface area contributed by atoms with Gasteiger partial charge in [0.25, 0.3) is 0 Å². The van der Waals surface area contributed by atoms with Crippen molar-refractivity contribution in [2.24, 2.45) is 0 Å². The van der Waals surface area contributed by atoms with E-state index < -0.39 is 20.4 Å². The molecular weight excluding hydrogens is 433 g/mol. The van der Waals surface area contributed by atoms with Crippen molar-refractivity contribution in [3.63, 3.8) is 0 Å². The molecule has 0 nitrogen and oxygen atoms in total. The predicted octanol–water partition coefficient (Wildman–Crippen LogP) is 8.27. The Balaban J connectivity index is 1.29. The first-order chi connectivity index (χ1) is 16.1. The van der Waals surface area contributed by atoms with Crippen LogP contribution in [-0.2, 0) is 12.8 Å². The molecule has 0 spiro atoms. The quantitative estimate of drug-likeness (QED) is 0.220. The van der Waals surface area contributed by atoms with Gasteiger partial charge in [-0.3, -0.25) is 4.39 Å². The first-order valence-corrected chi connectivity index (χ1v) is 14.8. The van der Waals surface area contributed by atoms with E-state index in [9.17, 15) is 13.2 Å². The maximum absolute atomic E-state index is 13.4. The Morgan fingerprint density at radius 3 is 1.94 bits per heavy atom. The minimum absolute atomic E-state index is 0.157. The highest BCUT2D eigenvalue weighted by Gasteiger charge is 2.23. The minimum Gasteiger partial charge on any atom is -0.251 e. The fourth-order valence-corrected chi connectivity index (χ4v) is 8.59. The molecule has 0 unspecified atom stereocenters. The zero-order valence-corrected chi connectivity index (χ0v) is 20.4. The molecule has 3 aromatic rings. The lowest BCUT2D eigenvalue weighted by molar-refractivity contribution is 0.468. The van der Waals surface area contributed by atoms with Crippen LogP contribution >= 0.6 is 0 Å². The van der Waals surface area contributed by atoms with Crippen LogP contribution in [0.3, 0.4) is 0 Å². The van der Waals surface area contributed by atoms with Gasteiger partial charge in [-0.2, -0.15) is 0 Å². The molecule has 4 rings (SSSR count). The molecule has 0 atom stereocenters. The second-order valence-electron chi connectivity index (χ2n) is 9.47. The highest BCUT2D eigenvalue weighted by atomic mass is 28.3. The predicted molar refractivity (Wildman–Crippen MR) is 134 cm³/mol. The molecule has 0 amide bonds. The smallest absolute Gasteiger partial charge is 0.159 e. The van der Waals surface area contributed by atoms with Gasteiger partial charge in [0.15, 0.2) is 11.6 Å². The Morgan fingerprint density at radius 1 is 0.697 bits per heavy atom. The number of hydrogen-bond acceptors (Lipinski definition) is 0. The van der Waals surface area contributed by atoms with Crippen molar-refractivity contribution in [3.05, 3.63) is 95.1 Å². The highest BCUT2D eigenvalue weighted by Crippen LogP contribution is 2.36. The van der Waals surface area contributed by atoms with Crippen molar-refractivity contribution in [2.75, 3.05) is 6.67 Å². The lowest BCUT2D eigenvalue weighted by atomic mass is 9.91. The van der Waals surface area contributed by atoms with Gasteiger partial charge in [-0.05, 0) is 78.0 Å². The van der Waals surface area contributed by atoms with Gasteiger partial charge in [-0.15, -0.1) is 0 Å². The monoisotopic (exact) mass is 466 g/mol. The fourth-order valence-electron chi connectivity index (χ4n) is 5.11. The molecule has 174 valence electrons. The molecule has 1 aliphatic rings. The summed E-state index contributed by atoms with van der Waals surface area (Å²) in [5, 5.41) is 0. The Bertz CT molecular complexity index is 1010. The zero-order chi connectivity index (χ0) is 23.0. The van der Waals surface area contributed by atoms with Crippen LogP contribution < -0.4 is 0 Å². The molecule has 0 N–H and O–H groups in total. The number of hydrogen-bond donors (Lipinski definition) is 0. The van der Waals surface area contributed by atoms with Gasteiger partial charge in [0.05, 0.1) is 6.67 Å². The Labute approximate surface area is 197 Å². The number of rotatable bonds is 9. The van der Waals surface area contributed by atoms with Gasteiger partial charge < -0.3 is 0 Å². The lowest BCUT2D eigenvalue weighted by Gasteiger charge is -2.28. The Morgan fingerprint density at radius 2 is 1.30 bits per heavy atom. The second kappa shape index (κ2) is 11.7. The first kappa shape index (κ1) is 23.8. The second-order valence-corrected chi connectivity index (χ2v) is 12.9. The highest BCUT2D eigenvalue weighted by molar-refractivity contribution is 6.59. The standard InChI is InChI=1S/C29H33F3Si/c30-17-1-2-18-33-19-15-27(16-20-33)26-12-10-25(11-13-26)24-8-5-22(6-9-24)3-4-23-7-14-28(31)29(32)21-23/h5-14,21,27,33H,1-4,15-20H2/t27-,33-. The van der Waals surface area contributed by atoms with Crippen LogP contribution in [0.15, 0.2) is 66.7 Å².